The lowest BCUT2D eigenvalue weighted by Gasteiger charge is -2.52. The summed E-state index contributed by atoms with van der Waals surface area (Å²) >= 11 is 16.4. The summed E-state index contributed by atoms with van der Waals surface area (Å²) in [4.78, 5) is 11.7. The number of alkyl halides is 3. The van der Waals surface area contributed by atoms with E-state index in [9.17, 15) is 9.90 Å². The van der Waals surface area contributed by atoms with Gasteiger partial charge in [-0.05, 0) is 23.7 Å². The smallest absolute Gasteiger partial charge is 0.234 e. The van der Waals surface area contributed by atoms with Gasteiger partial charge in [0.1, 0.15) is 0 Å². The summed E-state index contributed by atoms with van der Waals surface area (Å²) in [6.07, 6.45) is 1.06. The molecular weight excluding hydrogens is 296 g/mol. The highest BCUT2D eigenvalue weighted by atomic mass is 35.6. The van der Waals surface area contributed by atoms with Crippen LogP contribution in [0.4, 0.5) is 0 Å². The molecule has 0 aromatic heterocycles. The van der Waals surface area contributed by atoms with E-state index in [1.54, 1.807) is 0 Å². The van der Waals surface area contributed by atoms with E-state index in [0.717, 1.165) is 12.8 Å². The first-order valence-electron chi connectivity index (χ1n) is 6.13. The van der Waals surface area contributed by atoms with E-state index in [-0.39, 0.29) is 11.3 Å². The first kappa shape index (κ1) is 16.4. The Morgan fingerprint density at radius 3 is 2.39 bits per heavy atom. The van der Waals surface area contributed by atoms with E-state index in [2.05, 4.69) is 26.1 Å². The number of halogens is 3. The van der Waals surface area contributed by atoms with Crippen LogP contribution in [0.3, 0.4) is 0 Å². The standard InChI is InChI=1S/C12H20Cl3NO2/c1-4-7-5-8(11(7,2)3)6-9(17)16-10(18)12(13,14)15/h7-8,10,18H,4-6H2,1-3H3,(H,16,17)/t7-,8+,10-/m1/s1. The van der Waals surface area contributed by atoms with Gasteiger partial charge in [-0.3, -0.25) is 4.79 Å². The van der Waals surface area contributed by atoms with E-state index >= 15 is 0 Å². The number of hydrogen-bond donors (Lipinski definition) is 2. The van der Waals surface area contributed by atoms with Crippen molar-refractivity contribution in [2.24, 2.45) is 17.3 Å². The normalized spacial score (nSPS) is 28.4. The first-order chi connectivity index (χ1) is 8.09. The van der Waals surface area contributed by atoms with Gasteiger partial charge < -0.3 is 10.4 Å². The summed E-state index contributed by atoms with van der Waals surface area (Å²) in [5.41, 5.74) is 0.164. The minimum absolute atomic E-state index is 0.164. The van der Waals surface area contributed by atoms with Crippen molar-refractivity contribution in [1.82, 2.24) is 5.32 Å². The minimum atomic E-state index is -1.89. The second kappa shape index (κ2) is 5.74. The van der Waals surface area contributed by atoms with E-state index < -0.39 is 10.0 Å². The minimum Gasteiger partial charge on any atom is -0.369 e. The van der Waals surface area contributed by atoms with Gasteiger partial charge in [0.05, 0.1) is 0 Å². The van der Waals surface area contributed by atoms with Crippen LogP contribution in [-0.4, -0.2) is 21.0 Å². The van der Waals surface area contributed by atoms with Crippen LogP contribution in [0.25, 0.3) is 0 Å². The molecule has 0 spiro atoms. The highest BCUT2D eigenvalue weighted by Crippen LogP contribution is 2.54. The quantitative estimate of drug-likeness (QED) is 0.618. The van der Waals surface area contributed by atoms with Crippen molar-refractivity contribution >= 4 is 40.7 Å². The molecule has 0 aromatic carbocycles. The Hall–Kier alpha value is 0.300. The lowest BCUT2D eigenvalue weighted by atomic mass is 9.53. The fourth-order valence-corrected chi connectivity index (χ4v) is 2.84. The summed E-state index contributed by atoms with van der Waals surface area (Å²) in [6, 6.07) is 0. The molecule has 0 unspecified atom stereocenters. The number of rotatable bonds is 4. The molecule has 18 heavy (non-hydrogen) atoms. The van der Waals surface area contributed by atoms with Crippen LogP contribution < -0.4 is 5.32 Å². The van der Waals surface area contributed by atoms with Gasteiger partial charge in [-0.1, -0.05) is 62.0 Å². The highest BCUT2D eigenvalue weighted by Gasteiger charge is 2.47. The summed E-state index contributed by atoms with van der Waals surface area (Å²) in [6.45, 7) is 6.51. The molecule has 0 aromatic rings. The molecule has 1 aliphatic rings. The van der Waals surface area contributed by atoms with Gasteiger partial charge in [-0.15, -0.1) is 0 Å². The van der Waals surface area contributed by atoms with E-state index in [1.165, 1.54) is 0 Å². The zero-order valence-corrected chi connectivity index (χ0v) is 13.1. The van der Waals surface area contributed by atoms with Crippen LogP contribution in [0.5, 0.6) is 0 Å². The summed E-state index contributed by atoms with van der Waals surface area (Å²) in [5, 5.41) is 11.8. The summed E-state index contributed by atoms with van der Waals surface area (Å²) in [7, 11) is 0. The summed E-state index contributed by atoms with van der Waals surface area (Å²) in [5.74, 6) is 0.708. The SMILES string of the molecule is CC[C@@H]1C[C@@H](CC(=O)N[C@H](O)C(Cl)(Cl)Cl)C1(C)C. The van der Waals surface area contributed by atoms with Gasteiger partial charge in [-0.2, -0.15) is 0 Å². The maximum absolute atomic E-state index is 11.7. The van der Waals surface area contributed by atoms with Crippen LogP contribution in [0.2, 0.25) is 0 Å². The maximum atomic E-state index is 11.7. The molecule has 0 bridgehead atoms. The largest absolute Gasteiger partial charge is 0.369 e. The molecule has 1 aliphatic carbocycles. The number of carbonyl (C=O) groups is 1. The second-order valence-electron chi connectivity index (χ2n) is 5.57. The molecule has 2 N–H and O–H groups in total. The Morgan fingerprint density at radius 1 is 1.44 bits per heavy atom. The fraction of sp³-hybridized carbons (Fsp3) is 0.917. The average Bonchev–Trinajstić information content (AvgIpc) is 2.22. The maximum Gasteiger partial charge on any atom is 0.234 e. The molecule has 1 rings (SSSR count). The molecule has 1 amide bonds. The molecule has 3 nitrogen and oxygen atoms in total. The molecule has 0 aliphatic heterocycles. The van der Waals surface area contributed by atoms with Gasteiger partial charge >= 0.3 is 0 Å². The van der Waals surface area contributed by atoms with Crippen LogP contribution in [-0.2, 0) is 4.79 Å². The number of aliphatic hydroxyl groups excluding tert-OH is 1. The van der Waals surface area contributed by atoms with Gasteiger partial charge in [0, 0.05) is 6.42 Å². The topological polar surface area (TPSA) is 49.3 Å². The third-order valence-corrected chi connectivity index (χ3v) is 4.83. The van der Waals surface area contributed by atoms with Crippen LogP contribution in [0, 0.1) is 17.3 Å². The van der Waals surface area contributed by atoms with E-state index in [1.807, 2.05) is 0 Å². The Labute approximate surface area is 123 Å². The van der Waals surface area contributed by atoms with Crippen molar-refractivity contribution in [2.45, 2.75) is 50.1 Å². The third kappa shape index (κ3) is 3.66. The number of amides is 1. The molecule has 0 heterocycles. The van der Waals surface area contributed by atoms with Crippen molar-refractivity contribution in [2.75, 3.05) is 0 Å². The zero-order valence-electron chi connectivity index (χ0n) is 10.8. The molecule has 1 saturated carbocycles. The van der Waals surface area contributed by atoms with Crippen molar-refractivity contribution in [1.29, 1.82) is 0 Å². The molecule has 6 heteroatoms. The van der Waals surface area contributed by atoms with Crippen LogP contribution in [0.1, 0.15) is 40.0 Å². The number of aliphatic hydroxyl groups is 1. The molecule has 0 saturated heterocycles. The lowest BCUT2D eigenvalue weighted by Crippen LogP contribution is -2.49. The van der Waals surface area contributed by atoms with E-state index in [0.29, 0.717) is 18.3 Å². The number of nitrogens with one attached hydrogen (secondary N) is 1. The van der Waals surface area contributed by atoms with Crippen LogP contribution >= 0.6 is 34.8 Å². The van der Waals surface area contributed by atoms with Gasteiger partial charge in [-0.25, -0.2) is 0 Å². The van der Waals surface area contributed by atoms with E-state index in [4.69, 9.17) is 34.8 Å². The zero-order chi connectivity index (χ0) is 14.1. The first-order valence-corrected chi connectivity index (χ1v) is 7.26. The highest BCUT2D eigenvalue weighted by molar-refractivity contribution is 6.68. The Morgan fingerprint density at radius 2 is 2.00 bits per heavy atom. The van der Waals surface area contributed by atoms with Crippen LogP contribution in [0.15, 0.2) is 0 Å². The average molecular weight is 317 g/mol. The number of carbonyl (C=O) groups excluding carboxylic acids is 1. The Bertz CT molecular complexity index is 315. The fourth-order valence-electron chi connectivity index (χ4n) is 2.68. The Kier molecular flexibility index (Phi) is 5.21. The molecule has 0 radical (unpaired) electrons. The van der Waals surface area contributed by atoms with Crippen molar-refractivity contribution in [3.05, 3.63) is 0 Å². The van der Waals surface area contributed by atoms with Gasteiger partial charge in [0.2, 0.25) is 9.70 Å². The van der Waals surface area contributed by atoms with Crippen molar-refractivity contribution in [3.63, 3.8) is 0 Å². The lowest BCUT2D eigenvalue weighted by molar-refractivity contribution is -0.130. The second-order valence-corrected chi connectivity index (χ2v) is 7.94. The molecular formula is C12H20Cl3NO2. The van der Waals surface area contributed by atoms with Gasteiger partial charge in [0.15, 0.2) is 6.23 Å². The monoisotopic (exact) mass is 315 g/mol. The molecule has 1 fully saturated rings. The predicted octanol–water partition coefficient (Wildman–Crippen LogP) is 3.25. The Balaban J connectivity index is 2.44. The van der Waals surface area contributed by atoms with Gasteiger partial charge in [0.25, 0.3) is 0 Å². The number of hydrogen-bond acceptors (Lipinski definition) is 2. The molecule has 106 valence electrons. The van der Waals surface area contributed by atoms with Crippen molar-refractivity contribution < 1.29 is 9.90 Å². The third-order valence-electron chi connectivity index (χ3n) is 4.21. The van der Waals surface area contributed by atoms with Crippen molar-refractivity contribution in [3.8, 4) is 0 Å². The summed E-state index contributed by atoms with van der Waals surface area (Å²) < 4.78 is -1.89. The predicted molar refractivity (Wildman–Crippen MR) is 74.7 cm³/mol. The molecule has 3 atom stereocenters.